The van der Waals surface area contributed by atoms with E-state index in [9.17, 15) is 0 Å². The lowest BCUT2D eigenvalue weighted by Gasteiger charge is -2.07. The average molecular weight is 265 g/mol. The molecule has 0 aromatic carbocycles. The van der Waals surface area contributed by atoms with Crippen molar-refractivity contribution in [2.45, 2.75) is 39.8 Å². The predicted molar refractivity (Wildman–Crippen MR) is 69.6 cm³/mol. The van der Waals surface area contributed by atoms with Crippen molar-refractivity contribution < 1.29 is 8.94 Å². The topological polar surface area (TPSA) is 89.0 Å². The molecular formula is C12H19N5O2. The highest BCUT2D eigenvalue weighted by Crippen LogP contribution is 2.14. The van der Waals surface area contributed by atoms with Gasteiger partial charge in [0.05, 0.1) is 18.3 Å². The molecule has 0 bridgehead atoms. The zero-order valence-electron chi connectivity index (χ0n) is 11.4. The fraction of sp³-hybridized carbons (Fsp3) is 0.583. The van der Waals surface area contributed by atoms with E-state index in [1.54, 1.807) is 0 Å². The summed E-state index contributed by atoms with van der Waals surface area (Å²) in [6.45, 7) is 7.37. The van der Waals surface area contributed by atoms with Crippen LogP contribution in [0.3, 0.4) is 0 Å². The number of hydrogen-bond donors (Lipinski definition) is 2. The molecule has 2 rings (SSSR count). The first-order valence-corrected chi connectivity index (χ1v) is 6.42. The minimum absolute atomic E-state index is 0.0514. The molecule has 0 fully saturated rings. The van der Waals surface area contributed by atoms with Gasteiger partial charge in [0.25, 0.3) is 0 Å². The van der Waals surface area contributed by atoms with Gasteiger partial charge in [-0.3, -0.25) is 0 Å². The smallest absolute Gasteiger partial charge is 0.315 e. The van der Waals surface area contributed by atoms with E-state index in [0.717, 1.165) is 24.4 Å². The van der Waals surface area contributed by atoms with Gasteiger partial charge in [-0.05, 0) is 26.8 Å². The maximum atomic E-state index is 5.51. The van der Waals surface area contributed by atoms with E-state index in [-0.39, 0.29) is 6.04 Å². The van der Waals surface area contributed by atoms with Crippen LogP contribution in [-0.2, 0) is 6.54 Å². The van der Waals surface area contributed by atoms with Gasteiger partial charge in [-0.15, -0.1) is 5.10 Å². The molecule has 1 atom stereocenters. The predicted octanol–water partition coefficient (Wildman–Crippen LogP) is 2.04. The van der Waals surface area contributed by atoms with E-state index in [0.29, 0.717) is 18.5 Å². The van der Waals surface area contributed by atoms with E-state index in [1.807, 2.05) is 19.9 Å². The molecule has 2 aromatic rings. The molecule has 2 aromatic heterocycles. The highest BCUT2D eigenvalue weighted by molar-refractivity contribution is 5.19. The lowest BCUT2D eigenvalue weighted by atomic mass is 10.3. The third kappa shape index (κ3) is 3.78. The fourth-order valence-electron chi connectivity index (χ4n) is 1.59. The van der Waals surface area contributed by atoms with Crippen molar-refractivity contribution in [3.05, 3.63) is 23.4 Å². The second kappa shape index (κ2) is 6.33. The lowest BCUT2D eigenvalue weighted by molar-refractivity contribution is 0.381. The molecule has 0 radical (unpaired) electrons. The maximum absolute atomic E-state index is 5.51. The van der Waals surface area contributed by atoms with Crippen LogP contribution in [0.1, 0.15) is 43.7 Å². The molecule has 7 heteroatoms. The van der Waals surface area contributed by atoms with Gasteiger partial charge in [0.2, 0.25) is 5.89 Å². The first kappa shape index (κ1) is 13.5. The van der Waals surface area contributed by atoms with Crippen molar-refractivity contribution in [2.75, 3.05) is 11.9 Å². The Bertz CT molecular complexity index is 508. The van der Waals surface area contributed by atoms with E-state index in [2.05, 4.69) is 32.9 Å². The van der Waals surface area contributed by atoms with Crippen LogP contribution in [0, 0.1) is 6.92 Å². The number of aryl methyl sites for hydroxylation is 1. The lowest BCUT2D eigenvalue weighted by Crippen LogP contribution is -2.19. The molecule has 0 aliphatic carbocycles. The molecule has 0 aliphatic rings. The molecule has 1 unspecified atom stereocenters. The minimum Gasteiger partial charge on any atom is -0.406 e. The van der Waals surface area contributed by atoms with Crippen molar-refractivity contribution in [3.63, 3.8) is 0 Å². The summed E-state index contributed by atoms with van der Waals surface area (Å²) in [5.41, 5.74) is 0.848. The summed E-state index contributed by atoms with van der Waals surface area (Å²) in [5.74, 6) is 1.30. The monoisotopic (exact) mass is 265 g/mol. The van der Waals surface area contributed by atoms with Crippen molar-refractivity contribution in [1.82, 2.24) is 20.7 Å². The van der Waals surface area contributed by atoms with E-state index >= 15 is 0 Å². The molecule has 2 heterocycles. The van der Waals surface area contributed by atoms with Gasteiger partial charge in [0.15, 0.2) is 5.76 Å². The van der Waals surface area contributed by atoms with Crippen LogP contribution in [0.2, 0.25) is 0 Å². The molecule has 2 N–H and O–H groups in total. The average Bonchev–Trinajstić information content (AvgIpc) is 3.02. The largest absolute Gasteiger partial charge is 0.406 e. The highest BCUT2D eigenvalue weighted by atomic mass is 16.5. The Hall–Kier alpha value is -1.89. The summed E-state index contributed by atoms with van der Waals surface area (Å²) in [4.78, 5) is 0. The van der Waals surface area contributed by atoms with Crippen LogP contribution in [0.25, 0.3) is 0 Å². The maximum Gasteiger partial charge on any atom is 0.315 e. The number of rotatable bonds is 7. The first-order valence-electron chi connectivity index (χ1n) is 6.42. The Labute approximate surface area is 111 Å². The van der Waals surface area contributed by atoms with E-state index < -0.39 is 0 Å². The van der Waals surface area contributed by atoms with E-state index in [1.165, 1.54) is 0 Å². The van der Waals surface area contributed by atoms with Crippen LogP contribution in [-0.4, -0.2) is 21.9 Å². The quantitative estimate of drug-likeness (QED) is 0.791. The number of nitrogens with zero attached hydrogens (tertiary/aromatic N) is 3. The summed E-state index contributed by atoms with van der Waals surface area (Å²) < 4.78 is 10.6. The number of nitrogens with one attached hydrogen (secondary N) is 2. The Morgan fingerprint density at radius 3 is 2.89 bits per heavy atom. The fourth-order valence-corrected chi connectivity index (χ4v) is 1.59. The number of anilines is 1. The van der Waals surface area contributed by atoms with Crippen LogP contribution in [0.4, 0.5) is 6.01 Å². The van der Waals surface area contributed by atoms with Crippen LogP contribution in [0.15, 0.2) is 15.0 Å². The van der Waals surface area contributed by atoms with Crippen molar-refractivity contribution in [1.29, 1.82) is 0 Å². The van der Waals surface area contributed by atoms with Gasteiger partial charge >= 0.3 is 6.01 Å². The highest BCUT2D eigenvalue weighted by Gasteiger charge is 2.13. The van der Waals surface area contributed by atoms with Crippen molar-refractivity contribution in [2.24, 2.45) is 0 Å². The van der Waals surface area contributed by atoms with Crippen LogP contribution >= 0.6 is 0 Å². The normalized spacial score (nSPS) is 12.6. The van der Waals surface area contributed by atoms with Crippen LogP contribution < -0.4 is 10.6 Å². The van der Waals surface area contributed by atoms with Gasteiger partial charge in [-0.1, -0.05) is 17.2 Å². The van der Waals surface area contributed by atoms with Gasteiger partial charge < -0.3 is 19.6 Å². The second-order valence-electron chi connectivity index (χ2n) is 4.41. The minimum atomic E-state index is 0.0514. The van der Waals surface area contributed by atoms with E-state index in [4.69, 9.17) is 8.94 Å². The Kier molecular flexibility index (Phi) is 4.51. The van der Waals surface area contributed by atoms with Gasteiger partial charge in [-0.2, -0.15) is 0 Å². The molecule has 0 saturated carbocycles. The Morgan fingerprint density at radius 2 is 2.21 bits per heavy atom. The molecule has 0 aliphatic heterocycles. The van der Waals surface area contributed by atoms with Crippen LogP contribution in [0.5, 0.6) is 0 Å². The third-order valence-corrected chi connectivity index (χ3v) is 2.60. The Morgan fingerprint density at radius 1 is 1.37 bits per heavy atom. The molecular weight excluding hydrogens is 246 g/mol. The molecule has 0 amide bonds. The first-order chi connectivity index (χ1) is 9.19. The molecule has 104 valence electrons. The summed E-state index contributed by atoms with van der Waals surface area (Å²) in [5, 5.41) is 18.0. The third-order valence-electron chi connectivity index (χ3n) is 2.60. The number of hydrogen-bond acceptors (Lipinski definition) is 7. The molecule has 7 nitrogen and oxygen atoms in total. The summed E-state index contributed by atoms with van der Waals surface area (Å²) in [7, 11) is 0. The molecule has 0 saturated heterocycles. The zero-order valence-corrected chi connectivity index (χ0v) is 11.4. The summed E-state index contributed by atoms with van der Waals surface area (Å²) in [6, 6.07) is 2.29. The van der Waals surface area contributed by atoms with Gasteiger partial charge in [0.1, 0.15) is 0 Å². The SMILES string of the molecule is CCCNC(C)c1nnc(NCc2cc(C)no2)o1. The molecule has 0 spiro atoms. The van der Waals surface area contributed by atoms with Crippen molar-refractivity contribution in [3.8, 4) is 0 Å². The summed E-state index contributed by atoms with van der Waals surface area (Å²) in [6.07, 6.45) is 1.06. The zero-order chi connectivity index (χ0) is 13.7. The van der Waals surface area contributed by atoms with Gasteiger partial charge in [-0.25, -0.2) is 0 Å². The van der Waals surface area contributed by atoms with Gasteiger partial charge in [0, 0.05) is 6.07 Å². The summed E-state index contributed by atoms with van der Waals surface area (Å²) >= 11 is 0. The standard InChI is InChI=1S/C12H19N5O2/c1-4-5-13-9(3)11-15-16-12(18-11)14-7-10-6-8(2)17-19-10/h6,9,13H,4-5,7H2,1-3H3,(H,14,16). The number of aromatic nitrogens is 3. The molecule has 19 heavy (non-hydrogen) atoms. The van der Waals surface area contributed by atoms with Crippen molar-refractivity contribution >= 4 is 6.01 Å². The second-order valence-corrected chi connectivity index (χ2v) is 4.41. The Balaban J connectivity index is 1.86.